The summed E-state index contributed by atoms with van der Waals surface area (Å²) in [6, 6.07) is 20.5. The predicted molar refractivity (Wildman–Crippen MR) is 142 cm³/mol. The van der Waals surface area contributed by atoms with Crippen LogP contribution >= 0.6 is 11.6 Å². The van der Waals surface area contributed by atoms with E-state index in [2.05, 4.69) is 10.3 Å². The highest BCUT2D eigenvalue weighted by Crippen LogP contribution is 2.32. The standard InChI is InChI=1S/C27H24ClN3O3S/c1-18-8-9-20(16-24(18)26-22-7-3-2-6-19(22)12-13-29-26)30-27(32)23-11-10-21(17-25(23)28)31-14-4-5-15-35(31,33)34/h2-3,6-13,16-17H,4-5,14-15H2,1H3,(H,30,32). The molecule has 0 bridgehead atoms. The molecule has 178 valence electrons. The predicted octanol–water partition coefficient (Wildman–Crippen LogP) is 6.05. The van der Waals surface area contributed by atoms with Crippen molar-refractivity contribution < 1.29 is 13.2 Å². The minimum Gasteiger partial charge on any atom is -0.322 e. The fourth-order valence-electron chi connectivity index (χ4n) is 4.41. The number of nitrogens with one attached hydrogen (secondary N) is 1. The van der Waals surface area contributed by atoms with Crippen LogP contribution < -0.4 is 9.62 Å². The molecule has 6 nitrogen and oxygen atoms in total. The SMILES string of the molecule is Cc1ccc(NC(=O)c2ccc(N3CCCCS3(=O)=O)cc2Cl)cc1-c1nccc2ccccc12. The van der Waals surface area contributed by atoms with Gasteiger partial charge in [-0.3, -0.25) is 14.1 Å². The van der Waals surface area contributed by atoms with Crippen LogP contribution in [0.2, 0.25) is 5.02 Å². The van der Waals surface area contributed by atoms with Gasteiger partial charge in [0, 0.05) is 29.4 Å². The van der Waals surface area contributed by atoms with E-state index in [4.69, 9.17) is 11.6 Å². The van der Waals surface area contributed by atoms with Crippen LogP contribution in [-0.2, 0) is 10.0 Å². The molecule has 4 aromatic rings. The van der Waals surface area contributed by atoms with E-state index in [1.807, 2.05) is 55.5 Å². The molecular weight excluding hydrogens is 482 g/mol. The number of carbonyl (C=O) groups is 1. The van der Waals surface area contributed by atoms with Gasteiger partial charge in [-0.05, 0) is 67.1 Å². The summed E-state index contributed by atoms with van der Waals surface area (Å²) >= 11 is 6.43. The minimum atomic E-state index is -3.36. The number of nitrogens with zero attached hydrogens (tertiary/aromatic N) is 2. The molecule has 1 aromatic heterocycles. The van der Waals surface area contributed by atoms with E-state index in [1.54, 1.807) is 24.4 Å². The number of sulfonamides is 1. The fourth-order valence-corrected chi connectivity index (χ4v) is 6.30. The molecule has 1 fully saturated rings. The summed E-state index contributed by atoms with van der Waals surface area (Å²) < 4.78 is 26.2. The molecule has 5 rings (SSSR count). The van der Waals surface area contributed by atoms with Gasteiger partial charge in [-0.15, -0.1) is 0 Å². The normalized spacial score (nSPS) is 15.2. The van der Waals surface area contributed by atoms with Gasteiger partial charge >= 0.3 is 0 Å². The quantitative estimate of drug-likeness (QED) is 0.366. The molecule has 1 amide bonds. The molecule has 1 N–H and O–H groups in total. The minimum absolute atomic E-state index is 0.119. The van der Waals surface area contributed by atoms with Gasteiger partial charge in [0.2, 0.25) is 10.0 Å². The Morgan fingerprint density at radius 3 is 2.66 bits per heavy atom. The van der Waals surface area contributed by atoms with E-state index < -0.39 is 10.0 Å². The maximum Gasteiger partial charge on any atom is 0.257 e. The average molecular weight is 506 g/mol. The topological polar surface area (TPSA) is 79.4 Å². The monoisotopic (exact) mass is 505 g/mol. The lowest BCUT2D eigenvalue weighted by molar-refractivity contribution is 0.102. The second-order valence-electron chi connectivity index (χ2n) is 8.62. The molecule has 35 heavy (non-hydrogen) atoms. The van der Waals surface area contributed by atoms with Crippen molar-refractivity contribution >= 4 is 49.7 Å². The maximum atomic E-state index is 13.1. The number of fused-ring (bicyclic) bond motifs is 1. The molecule has 0 unspecified atom stereocenters. The van der Waals surface area contributed by atoms with Gasteiger partial charge in [0.1, 0.15) is 0 Å². The van der Waals surface area contributed by atoms with Crippen molar-refractivity contribution in [3.05, 3.63) is 89.1 Å². The largest absolute Gasteiger partial charge is 0.322 e. The summed E-state index contributed by atoms with van der Waals surface area (Å²) in [6.07, 6.45) is 3.23. The summed E-state index contributed by atoms with van der Waals surface area (Å²) in [5.41, 5.74) is 4.18. The van der Waals surface area contributed by atoms with Crippen molar-refractivity contribution in [3.63, 3.8) is 0 Å². The van der Waals surface area contributed by atoms with E-state index in [9.17, 15) is 13.2 Å². The van der Waals surface area contributed by atoms with Crippen molar-refractivity contribution in [2.45, 2.75) is 19.8 Å². The highest BCUT2D eigenvalue weighted by atomic mass is 35.5. The molecule has 0 atom stereocenters. The van der Waals surface area contributed by atoms with E-state index >= 15 is 0 Å². The first-order valence-corrected chi connectivity index (χ1v) is 13.4. The number of anilines is 2. The van der Waals surface area contributed by atoms with E-state index in [1.165, 1.54) is 4.31 Å². The molecule has 1 saturated heterocycles. The van der Waals surface area contributed by atoms with E-state index in [0.717, 1.165) is 34.0 Å². The molecule has 0 radical (unpaired) electrons. The van der Waals surface area contributed by atoms with Gasteiger partial charge in [0.15, 0.2) is 0 Å². The Labute approximate surface area is 209 Å². The van der Waals surface area contributed by atoms with Gasteiger partial charge in [-0.1, -0.05) is 41.9 Å². The van der Waals surface area contributed by atoms with Crippen molar-refractivity contribution in [3.8, 4) is 11.3 Å². The Bertz CT molecular complexity index is 1550. The Balaban J connectivity index is 1.43. The Morgan fingerprint density at radius 1 is 1.03 bits per heavy atom. The van der Waals surface area contributed by atoms with E-state index in [0.29, 0.717) is 24.3 Å². The summed E-state index contributed by atoms with van der Waals surface area (Å²) in [5, 5.41) is 5.24. The zero-order chi connectivity index (χ0) is 24.6. The molecule has 0 saturated carbocycles. The highest BCUT2D eigenvalue weighted by Gasteiger charge is 2.27. The van der Waals surface area contributed by atoms with E-state index in [-0.39, 0.29) is 22.2 Å². The van der Waals surface area contributed by atoms with Gasteiger partial charge in [0.25, 0.3) is 5.91 Å². The Morgan fingerprint density at radius 2 is 1.86 bits per heavy atom. The second kappa shape index (κ2) is 9.32. The number of halogens is 1. The number of aryl methyl sites for hydroxylation is 1. The third kappa shape index (κ3) is 4.61. The van der Waals surface area contributed by atoms with Crippen molar-refractivity contribution in [2.24, 2.45) is 0 Å². The molecule has 0 aliphatic carbocycles. The molecule has 2 heterocycles. The third-order valence-electron chi connectivity index (χ3n) is 6.26. The van der Waals surface area contributed by atoms with Crippen molar-refractivity contribution in [1.29, 1.82) is 0 Å². The first-order valence-electron chi connectivity index (χ1n) is 11.4. The van der Waals surface area contributed by atoms with Crippen LogP contribution in [0.25, 0.3) is 22.0 Å². The third-order valence-corrected chi connectivity index (χ3v) is 8.44. The fraction of sp³-hybridized carbons (Fsp3) is 0.185. The summed E-state index contributed by atoms with van der Waals surface area (Å²) in [5.74, 6) is -0.252. The molecule has 8 heteroatoms. The number of hydrogen-bond acceptors (Lipinski definition) is 4. The number of amides is 1. The molecule has 0 spiro atoms. The van der Waals surface area contributed by atoms with Crippen LogP contribution in [0.3, 0.4) is 0 Å². The zero-order valence-corrected chi connectivity index (χ0v) is 20.7. The lowest BCUT2D eigenvalue weighted by Gasteiger charge is -2.28. The smallest absolute Gasteiger partial charge is 0.257 e. The zero-order valence-electron chi connectivity index (χ0n) is 19.2. The number of carbonyl (C=O) groups excluding carboxylic acids is 1. The lowest BCUT2D eigenvalue weighted by atomic mass is 9.99. The number of rotatable bonds is 4. The number of benzene rings is 3. The molecule has 3 aromatic carbocycles. The van der Waals surface area contributed by atoms with Crippen molar-refractivity contribution in [2.75, 3.05) is 21.9 Å². The first-order chi connectivity index (χ1) is 16.8. The van der Waals surface area contributed by atoms with Crippen molar-refractivity contribution in [1.82, 2.24) is 4.98 Å². The second-order valence-corrected chi connectivity index (χ2v) is 11.0. The number of aromatic nitrogens is 1. The maximum absolute atomic E-state index is 13.1. The molecule has 1 aliphatic rings. The highest BCUT2D eigenvalue weighted by molar-refractivity contribution is 7.92. The summed E-state index contributed by atoms with van der Waals surface area (Å²) in [7, 11) is -3.36. The summed E-state index contributed by atoms with van der Waals surface area (Å²) in [6.45, 7) is 2.42. The first kappa shape index (κ1) is 23.3. The van der Waals surface area contributed by atoms with Crippen LogP contribution in [-0.4, -0.2) is 31.6 Å². The van der Waals surface area contributed by atoms with Gasteiger partial charge in [-0.2, -0.15) is 0 Å². The van der Waals surface area contributed by atoms with Gasteiger partial charge in [-0.25, -0.2) is 8.42 Å². The molecular formula is C27H24ClN3O3S. The van der Waals surface area contributed by atoms with Gasteiger partial charge in [0.05, 0.1) is 27.7 Å². The average Bonchev–Trinajstić information content (AvgIpc) is 2.84. The molecule has 1 aliphatic heterocycles. The Hall–Kier alpha value is -3.42. The summed E-state index contributed by atoms with van der Waals surface area (Å²) in [4.78, 5) is 17.7. The lowest BCUT2D eigenvalue weighted by Crippen LogP contribution is -2.37. The number of pyridine rings is 1. The van der Waals surface area contributed by atoms with Crippen LogP contribution in [0.5, 0.6) is 0 Å². The van der Waals surface area contributed by atoms with Gasteiger partial charge < -0.3 is 5.32 Å². The van der Waals surface area contributed by atoms with Crippen LogP contribution in [0.15, 0.2) is 72.9 Å². The van der Waals surface area contributed by atoms with Crippen LogP contribution in [0, 0.1) is 6.92 Å². The van der Waals surface area contributed by atoms with Crippen LogP contribution in [0.1, 0.15) is 28.8 Å². The van der Waals surface area contributed by atoms with Crippen LogP contribution in [0.4, 0.5) is 11.4 Å². The Kier molecular flexibility index (Phi) is 6.21. The number of hydrogen-bond donors (Lipinski definition) is 1.